The largest absolute Gasteiger partial charge is 0.314 e. The molecular formula is C17H30N4. The third-order valence-electron chi connectivity index (χ3n) is 5.24. The van der Waals surface area contributed by atoms with E-state index in [1.165, 1.54) is 56.6 Å². The van der Waals surface area contributed by atoms with Crippen LogP contribution in [0.25, 0.3) is 0 Å². The Morgan fingerprint density at radius 1 is 1.29 bits per heavy atom. The van der Waals surface area contributed by atoms with Crippen molar-refractivity contribution in [3.63, 3.8) is 0 Å². The van der Waals surface area contributed by atoms with Crippen molar-refractivity contribution < 1.29 is 0 Å². The van der Waals surface area contributed by atoms with Crippen LogP contribution in [0.15, 0.2) is 6.20 Å². The molecule has 0 bridgehead atoms. The summed E-state index contributed by atoms with van der Waals surface area (Å²) in [5, 5.41) is 8.32. The number of aryl methyl sites for hydroxylation is 1. The molecule has 0 aliphatic carbocycles. The van der Waals surface area contributed by atoms with Gasteiger partial charge in [-0.2, -0.15) is 5.10 Å². The van der Waals surface area contributed by atoms with Crippen LogP contribution in [-0.4, -0.2) is 40.4 Å². The summed E-state index contributed by atoms with van der Waals surface area (Å²) in [6.07, 6.45) is 7.72. The monoisotopic (exact) mass is 290 g/mol. The minimum atomic E-state index is 0.455. The number of nitrogens with zero attached hydrogens (tertiary/aromatic N) is 3. The van der Waals surface area contributed by atoms with Crippen molar-refractivity contribution >= 4 is 0 Å². The van der Waals surface area contributed by atoms with E-state index in [2.05, 4.69) is 47.0 Å². The van der Waals surface area contributed by atoms with Crippen molar-refractivity contribution in [3.05, 3.63) is 17.5 Å². The highest BCUT2D eigenvalue weighted by Gasteiger charge is 2.28. The highest BCUT2D eigenvalue weighted by atomic mass is 15.3. The van der Waals surface area contributed by atoms with Crippen LogP contribution in [0.3, 0.4) is 0 Å². The molecule has 1 aromatic rings. The molecule has 1 unspecified atom stereocenters. The lowest BCUT2D eigenvalue weighted by Gasteiger charge is -2.34. The van der Waals surface area contributed by atoms with Gasteiger partial charge in [0, 0.05) is 30.4 Å². The van der Waals surface area contributed by atoms with E-state index in [0.29, 0.717) is 6.04 Å². The Morgan fingerprint density at radius 3 is 2.62 bits per heavy atom. The summed E-state index contributed by atoms with van der Waals surface area (Å²) in [5.41, 5.74) is 2.60. The minimum absolute atomic E-state index is 0.455. The first-order valence-corrected chi connectivity index (χ1v) is 8.64. The summed E-state index contributed by atoms with van der Waals surface area (Å²) >= 11 is 0. The van der Waals surface area contributed by atoms with Crippen LogP contribution in [-0.2, 0) is 6.54 Å². The van der Waals surface area contributed by atoms with E-state index >= 15 is 0 Å². The minimum Gasteiger partial charge on any atom is -0.314 e. The Hall–Kier alpha value is -0.870. The molecule has 4 nitrogen and oxygen atoms in total. The highest BCUT2D eigenvalue weighted by molar-refractivity contribution is 5.15. The number of rotatable bonds is 4. The molecule has 4 heteroatoms. The van der Waals surface area contributed by atoms with Gasteiger partial charge in [-0.05, 0) is 72.0 Å². The Morgan fingerprint density at radius 2 is 2.05 bits per heavy atom. The Labute approximate surface area is 128 Å². The summed E-state index contributed by atoms with van der Waals surface area (Å²) in [6, 6.07) is 1.26. The Balaban J connectivity index is 1.53. The highest BCUT2D eigenvalue weighted by Crippen LogP contribution is 2.26. The maximum atomic E-state index is 4.63. The van der Waals surface area contributed by atoms with Crippen LogP contribution in [0.1, 0.15) is 56.8 Å². The standard InChI is InChI=1S/C17H30N4/c1-13(2)21-12-16(14(3)19-21)11-20-9-6-15(7-10-20)17-5-4-8-18-17/h12-13,15,17-18H,4-11H2,1-3H3. The van der Waals surface area contributed by atoms with Gasteiger partial charge in [0.05, 0.1) is 5.69 Å². The van der Waals surface area contributed by atoms with Gasteiger partial charge < -0.3 is 5.32 Å². The van der Waals surface area contributed by atoms with E-state index in [0.717, 1.165) is 18.5 Å². The number of nitrogens with one attached hydrogen (secondary N) is 1. The molecule has 1 N–H and O–H groups in total. The SMILES string of the molecule is Cc1nn(C(C)C)cc1CN1CCC(C2CCCN2)CC1. The maximum absolute atomic E-state index is 4.63. The van der Waals surface area contributed by atoms with Gasteiger partial charge in [-0.15, -0.1) is 0 Å². The molecule has 0 saturated carbocycles. The van der Waals surface area contributed by atoms with Gasteiger partial charge in [-0.1, -0.05) is 0 Å². The van der Waals surface area contributed by atoms with Crippen LogP contribution in [0.4, 0.5) is 0 Å². The fourth-order valence-electron chi connectivity index (χ4n) is 3.81. The molecule has 3 heterocycles. The van der Waals surface area contributed by atoms with Gasteiger partial charge >= 0.3 is 0 Å². The first kappa shape index (κ1) is 15.0. The number of likely N-dealkylation sites (tertiary alicyclic amines) is 1. The fourth-order valence-corrected chi connectivity index (χ4v) is 3.81. The van der Waals surface area contributed by atoms with E-state index in [4.69, 9.17) is 0 Å². The van der Waals surface area contributed by atoms with E-state index in [9.17, 15) is 0 Å². The number of aromatic nitrogens is 2. The summed E-state index contributed by atoms with van der Waals surface area (Å²) in [5.74, 6) is 0.906. The van der Waals surface area contributed by atoms with Crippen LogP contribution in [0.2, 0.25) is 0 Å². The molecule has 1 aromatic heterocycles. The molecule has 1 atom stereocenters. The van der Waals surface area contributed by atoms with E-state index in [1.54, 1.807) is 0 Å². The van der Waals surface area contributed by atoms with Crippen molar-refractivity contribution in [2.24, 2.45) is 5.92 Å². The topological polar surface area (TPSA) is 33.1 Å². The quantitative estimate of drug-likeness (QED) is 0.925. The number of piperidine rings is 1. The predicted molar refractivity (Wildman–Crippen MR) is 86.4 cm³/mol. The summed E-state index contributed by atoms with van der Waals surface area (Å²) in [4.78, 5) is 2.61. The van der Waals surface area contributed by atoms with Gasteiger partial charge in [0.15, 0.2) is 0 Å². The van der Waals surface area contributed by atoms with Gasteiger partial charge in [-0.3, -0.25) is 9.58 Å². The zero-order chi connectivity index (χ0) is 14.8. The van der Waals surface area contributed by atoms with E-state index in [-0.39, 0.29) is 0 Å². The molecule has 3 rings (SSSR count). The maximum Gasteiger partial charge on any atom is 0.0638 e. The van der Waals surface area contributed by atoms with Crippen molar-refractivity contribution in [3.8, 4) is 0 Å². The number of hydrogen-bond donors (Lipinski definition) is 1. The number of hydrogen-bond acceptors (Lipinski definition) is 3. The molecule has 21 heavy (non-hydrogen) atoms. The Bertz CT molecular complexity index is 451. The lowest BCUT2D eigenvalue weighted by molar-refractivity contribution is 0.157. The van der Waals surface area contributed by atoms with Crippen LogP contribution in [0.5, 0.6) is 0 Å². The van der Waals surface area contributed by atoms with E-state index in [1.807, 2.05) is 0 Å². The molecule has 118 valence electrons. The average Bonchev–Trinajstić information content (AvgIpc) is 3.10. The van der Waals surface area contributed by atoms with Crippen molar-refractivity contribution in [1.82, 2.24) is 20.0 Å². The molecule has 2 fully saturated rings. The van der Waals surface area contributed by atoms with Gasteiger partial charge in [0.2, 0.25) is 0 Å². The fraction of sp³-hybridized carbons (Fsp3) is 0.824. The third-order valence-corrected chi connectivity index (χ3v) is 5.24. The van der Waals surface area contributed by atoms with Crippen LogP contribution < -0.4 is 5.32 Å². The lowest BCUT2D eigenvalue weighted by atomic mass is 9.88. The molecule has 0 radical (unpaired) electrons. The van der Waals surface area contributed by atoms with Gasteiger partial charge in [0.1, 0.15) is 0 Å². The van der Waals surface area contributed by atoms with Gasteiger partial charge in [-0.25, -0.2) is 0 Å². The second-order valence-corrected chi connectivity index (χ2v) is 7.13. The molecule has 2 aliphatic heterocycles. The zero-order valence-electron chi connectivity index (χ0n) is 13.8. The molecule has 2 aliphatic rings. The second kappa shape index (κ2) is 6.49. The summed E-state index contributed by atoms with van der Waals surface area (Å²) in [6.45, 7) is 11.3. The first-order chi connectivity index (χ1) is 10.1. The molecular weight excluding hydrogens is 260 g/mol. The lowest BCUT2D eigenvalue weighted by Crippen LogP contribution is -2.40. The van der Waals surface area contributed by atoms with E-state index < -0.39 is 0 Å². The molecule has 0 amide bonds. The summed E-state index contributed by atoms with van der Waals surface area (Å²) < 4.78 is 2.10. The smallest absolute Gasteiger partial charge is 0.0638 e. The molecule has 0 aromatic carbocycles. The first-order valence-electron chi connectivity index (χ1n) is 8.64. The molecule has 0 spiro atoms. The average molecular weight is 290 g/mol. The van der Waals surface area contributed by atoms with Crippen molar-refractivity contribution in [2.45, 2.75) is 65.1 Å². The van der Waals surface area contributed by atoms with Crippen LogP contribution >= 0.6 is 0 Å². The van der Waals surface area contributed by atoms with Gasteiger partial charge in [0.25, 0.3) is 0 Å². The zero-order valence-corrected chi connectivity index (χ0v) is 13.8. The Kier molecular flexibility index (Phi) is 4.65. The summed E-state index contributed by atoms with van der Waals surface area (Å²) in [7, 11) is 0. The molecule has 2 saturated heterocycles. The second-order valence-electron chi connectivity index (χ2n) is 7.13. The third kappa shape index (κ3) is 3.49. The van der Waals surface area contributed by atoms with Crippen molar-refractivity contribution in [1.29, 1.82) is 0 Å². The predicted octanol–water partition coefficient (Wildman–Crippen LogP) is 2.74. The normalized spacial score (nSPS) is 25.0. The van der Waals surface area contributed by atoms with Crippen LogP contribution in [0, 0.1) is 12.8 Å². The van der Waals surface area contributed by atoms with Crippen molar-refractivity contribution in [2.75, 3.05) is 19.6 Å².